The highest BCUT2D eigenvalue weighted by Crippen LogP contribution is 2.24. The van der Waals surface area contributed by atoms with Crippen LogP contribution in [0.1, 0.15) is 0 Å². The van der Waals surface area contributed by atoms with E-state index in [1.165, 1.54) is 18.2 Å². The molecule has 0 fully saturated rings. The fourth-order valence-electron chi connectivity index (χ4n) is 0.934. The van der Waals surface area contributed by atoms with Crippen molar-refractivity contribution in [2.24, 2.45) is 0 Å². The molecule has 0 saturated heterocycles. The van der Waals surface area contributed by atoms with E-state index in [9.17, 15) is 8.42 Å². The van der Waals surface area contributed by atoms with Gasteiger partial charge in [-0.25, -0.2) is 13.1 Å². The van der Waals surface area contributed by atoms with Crippen LogP contribution in [0.25, 0.3) is 0 Å². The number of nitrogens with one attached hydrogen (secondary N) is 1. The third-order valence-corrected chi connectivity index (χ3v) is 3.94. The molecule has 0 aliphatic heterocycles. The zero-order valence-corrected chi connectivity index (χ0v) is 10.6. The maximum atomic E-state index is 11.7. The average molecular weight is 289 g/mol. The smallest absolute Gasteiger partial charge is 0.210 e. The third kappa shape index (κ3) is 3.50. The lowest BCUT2D eigenvalue weighted by Gasteiger charge is -2.07. The molecule has 1 rings (SSSR count). The van der Waals surface area contributed by atoms with Crippen LogP contribution in [-0.4, -0.2) is 20.8 Å². The molecule has 0 radical (unpaired) electrons. The monoisotopic (exact) mass is 287 g/mol. The van der Waals surface area contributed by atoms with Gasteiger partial charge in [-0.3, -0.25) is 0 Å². The molecule has 1 aromatic carbocycles. The van der Waals surface area contributed by atoms with E-state index in [1.807, 2.05) is 0 Å². The van der Waals surface area contributed by atoms with Crippen molar-refractivity contribution in [2.75, 3.05) is 12.4 Å². The number of rotatable bonds is 4. The Hall–Kier alpha value is -0.000000000000000167. The highest BCUT2D eigenvalue weighted by atomic mass is 35.5. The number of hydrogen-bond acceptors (Lipinski definition) is 2. The third-order valence-electron chi connectivity index (χ3n) is 1.57. The molecule has 0 bridgehead atoms. The molecule has 0 aliphatic carbocycles. The molecule has 0 unspecified atom stereocenters. The first kappa shape index (κ1) is 13.1. The predicted octanol–water partition coefficient (Wildman–Crippen LogP) is 2.51. The fraction of sp³-hybridized carbons (Fsp3) is 0.250. The van der Waals surface area contributed by atoms with Crippen molar-refractivity contribution in [1.82, 2.24) is 4.72 Å². The molecule has 0 spiro atoms. The summed E-state index contributed by atoms with van der Waals surface area (Å²) in [5.74, 6) is 0.192. The highest BCUT2D eigenvalue weighted by Gasteiger charge is 2.17. The van der Waals surface area contributed by atoms with Gasteiger partial charge in [0, 0.05) is 17.4 Å². The number of halogens is 3. The predicted molar refractivity (Wildman–Crippen MR) is 62.4 cm³/mol. The van der Waals surface area contributed by atoms with E-state index in [-0.39, 0.29) is 22.3 Å². The van der Waals surface area contributed by atoms with Gasteiger partial charge >= 0.3 is 0 Å². The summed E-state index contributed by atoms with van der Waals surface area (Å²) in [7, 11) is -3.63. The summed E-state index contributed by atoms with van der Waals surface area (Å²) >= 11 is 16.8. The topological polar surface area (TPSA) is 46.2 Å². The second kappa shape index (κ2) is 5.37. The van der Waals surface area contributed by atoms with Gasteiger partial charge in [-0.05, 0) is 18.2 Å². The maximum absolute atomic E-state index is 11.7. The SMILES string of the molecule is O=S(=O)(NCCCl)c1cc(Cl)ccc1Cl. The Morgan fingerprint density at radius 2 is 1.93 bits per heavy atom. The molecule has 84 valence electrons. The van der Waals surface area contributed by atoms with Crippen LogP contribution in [0.4, 0.5) is 0 Å². The Labute approximate surface area is 103 Å². The van der Waals surface area contributed by atoms with Crippen LogP contribution in [0.5, 0.6) is 0 Å². The van der Waals surface area contributed by atoms with Gasteiger partial charge in [0.1, 0.15) is 4.90 Å². The molecule has 7 heteroatoms. The van der Waals surface area contributed by atoms with E-state index in [0.717, 1.165) is 0 Å². The Bertz CT molecular complexity index is 447. The van der Waals surface area contributed by atoms with Crippen molar-refractivity contribution in [1.29, 1.82) is 0 Å². The number of benzene rings is 1. The largest absolute Gasteiger partial charge is 0.242 e. The normalized spacial score (nSPS) is 11.7. The van der Waals surface area contributed by atoms with Crippen molar-refractivity contribution < 1.29 is 8.42 Å². The van der Waals surface area contributed by atoms with Crippen LogP contribution < -0.4 is 4.72 Å². The molecule has 0 aromatic heterocycles. The van der Waals surface area contributed by atoms with Crippen LogP contribution in [0.15, 0.2) is 23.1 Å². The highest BCUT2D eigenvalue weighted by molar-refractivity contribution is 7.89. The molecule has 3 nitrogen and oxygen atoms in total. The number of sulfonamides is 1. The van der Waals surface area contributed by atoms with Gasteiger partial charge in [0.25, 0.3) is 0 Å². The summed E-state index contributed by atoms with van der Waals surface area (Å²) in [6.07, 6.45) is 0. The summed E-state index contributed by atoms with van der Waals surface area (Å²) < 4.78 is 25.6. The van der Waals surface area contributed by atoms with Crippen LogP contribution >= 0.6 is 34.8 Å². The molecular formula is C8H8Cl3NO2S. The summed E-state index contributed by atoms with van der Waals surface area (Å²) in [5, 5.41) is 0.437. The van der Waals surface area contributed by atoms with E-state index in [4.69, 9.17) is 34.8 Å². The van der Waals surface area contributed by atoms with Crippen molar-refractivity contribution in [3.63, 3.8) is 0 Å². The van der Waals surface area contributed by atoms with Crippen LogP contribution in [0.2, 0.25) is 10.0 Å². The Balaban J connectivity index is 3.09. The lowest BCUT2D eigenvalue weighted by atomic mass is 10.4. The van der Waals surface area contributed by atoms with E-state index in [2.05, 4.69) is 4.72 Å². The van der Waals surface area contributed by atoms with Crippen molar-refractivity contribution in [2.45, 2.75) is 4.90 Å². The summed E-state index contributed by atoms with van der Waals surface area (Å²) in [6.45, 7) is 0.146. The van der Waals surface area contributed by atoms with Crippen molar-refractivity contribution in [3.8, 4) is 0 Å². The average Bonchev–Trinajstić information content (AvgIpc) is 2.18. The minimum Gasteiger partial charge on any atom is -0.210 e. The Morgan fingerprint density at radius 3 is 2.53 bits per heavy atom. The van der Waals surface area contributed by atoms with Gasteiger partial charge in [-0.15, -0.1) is 11.6 Å². The second-order valence-electron chi connectivity index (χ2n) is 2.66. The van der Waals surface area contributed by atoms with Gasteiger partial charge in [-0.2, -0.15) is 0 Å². The van der Waals surface area contributed by atoms with Gasteiger partial charge in [0.15, 0.2) is 0 Å². The van der Waals surface area contributed by atoms with Crippen molar-refractivity contribution in [3.05, 3.63) is 28.2 Å². The minimum atomic E-state index is -3.63. The molecule has 0 heterocycles. The van der Waals surface area contributed by atoms with E-state index < -0.39 is 10.0 Å². The molecule has 15 heavy (non-hydrogen) atoms. The van der Waals surface area contributed by atoms with Crippen LogP contribution in [0, 0.1) is 0 Å². The van der Waals surface area contributed by atoms with Gasteiger partial charge in [0.2, 0.25) is 10.0 Å². The van der Waals surface area contributed by atoms with E-state index in [1.54, 1.807) is 0 Å². The molecule has 0 saturated carbocycles. The molecular weight excluding hydrogens is 281 g/mol. The number of alkyl halides is 1. The molecule has 1 N–H and O–H groups in total. The lowest BCUT2D eigenvalue weighted by Crippen LogP contribution is -2.25. The van der Waals surface area contributed by atoms with E-state index in [0.29, 0.717) is 5.02 Å². The minimum absolute atomic E-state index is 0.0400. The quantitative estimate of drug-likeness (QED) is 0.865. The maximum Gasteiger partial charge on any atom is 0.242 e. The van der Waals surface area contributed by atoms with Gasteiger partial charge < -0.3 is 0 Å². The van der Waals surface area contributed by atoms with Crippen LogP contribution in [0.3, 0.4) is 0 Å². The second-order valence-corrected chi connectivity index (χ2v) is 5.62. The standard InChI is InChI=1S/C8H8Cl3NO2S/c9-3-4-12-15(13,14)8-5-6(10)1-2-7(8)11/h1-2,5,12H,3-4H2. The molecule has 0 aliphatic rings. The Morgan fingerprint density at radius 1 is 1.27 bits per heavy atom. The van der Waals surface area contributed by atoms with Gasteiger partial charge in [0.05, 0.1) is 5.02 Å². The zero-order valence-electron chi connectivity index (χ0n) is 7.50. The molecule has 0 atom stereocenters. The van der Waals surface area contributed by atoms with Crippen LogP contribution in [-0.2, 0) is 10.0 Å². The first-order valence-electron chi connectivity index (χ1n) is 3.98. The first-order chi connectivity index (χ1) is 6.97. The molecule has 0 amide bonds. The lowest BCUT2D eigenvalue weighted by molar-refractivity contribution is 0.584. The zero-order chi connectivity index (χ0) is 11.5. The summed E-state index contributed by atoms with van der Waals surface area (Å²) in [6, 6.07) is 4.24. The summed E-state index contributed by atoms with van der Waals surface area (Å²) in [4.78, 5) is -0.0400. The first-order valence-corrected chi connectivity index (χ1v) is 6.75. The fourth-order valence-corrected chi connectivity index (χ4v) is 2.93. The van der Waals surface area contributed by atoms with Crippen molar-refractivity contribution >= 4 is 44.8 Å². The summed E-state index contributed by atoms with van der Waals surface area (Å²) in [5.41, 5.74) is 0. The van der Waals surface area contributed by atoms with E-state index >= 15 is 0 Å². The Kier molecular flexibility index (Phi) is 4.67. The number of hydrogen-bond donors (Lipinski definition) is 1. The van der Waals surface area contributed by atoms with Gasteiger partial charge in [-0.1, -0.05) is 23.2 Å². The molecule has 1 aromatic rings.